The van der Waals surface area contributed by atoms with E-state index in [-0.39, 0.29) is 6.61 Å². The minimum atomic E-state index is -1.05. The van der Waals surface area contributed by atoms with Crippen molar-refractivity contribution in [1.82, 2.24) is 0 Å². The molecule has 0 radical (unpaired) electrons. The molecule has 0 atom stereocenters. The van der Waals surface area contributed by atoms with Crippen LogP contribution < -0.4 is 0 Å². The third-order valence-corrected chi connectivity index (χ3v) is 2.55. The Balaban J connectivity index is 3.20. The summed E-state index contributed by atoms with van der Waals surface area (Å²) in [6.45, 7) is 2.48. The smallest absolute Gasteiger partial charge is 0.437 e. The molecule has 0 spiro atoms. The molecule has 0 unspecified atom stereocenters. The zero-order valence-corrected chi connectivity index (χ0v) is 11.4. The summed E-state index contributed by atoms with van der Waals surface area (Å²) in [6.07, 6.45) is 7.31. The van der Waals surface area contributed by atoms with E-state index < -0.39 is 12.3 Å². The Hall–Kier alpha value is -1.26. The number of hydrogen-bond acceptors (Lipinski definition) is 5. The molecule has 0 rings (SSSR count). The minimum Gasteiger partial charge on any atom is -0.437 e. The van der Waals surface area contributed by atoms with Gasteiger partial charge in [-0.25, -0.2) is 9.59 Å². The molecule has 0 aromatic carbocycles. The van der Waals surface area contributed by atoms with Crippen molar-refractivity contribution >= 4 is 12.3 Å². The van der Waals surface area contributed by atoms with Crippen LogP contribution in [0.4, 0.5) is 9.59 Å². The minimum absolute atomic E-state index is 0.283. The molecule has 0 aliphatic rings. The van der Waals surface area contributed by atoms with Gasteiger partial charge in [0.1, 0.15) is 0 Å². The Bertz CT molecular complexity index is 227. The average Bonchev–Trinajstić information content (AvgIpc) is 2.36. The van der Waals surface area contributed by atoms with Crippen LogP contribution in [0, 0.1) is 0 Å². The Morgan fingerprint density at radius 1 is 0.833 bits per heavy atom. The third-order valence-electron chi connectivity index (χ3n) is 2.55. The van der Waals surface area contributed by atoms with E-state index >= 15 is 0 Å². The number of ether oxygens (including phenoxy) is 3. The standard InChI is InChI=1S/C13H24O5/c1-3-4-5-6-7-8-9-10-11-17-13(15)18-12(14)16-2/h3-11H2,1-2H3. The quantitative estimate of drug-likeness (QED) is 0.355. The summed E-state index contributed by atoms with van der Waals surface area (Å²) in [5, 5.41) is 0. The average molecular weight is 260 g/mol. The second-order valence-electron chi connectivity index (χ2n) is 4.13. The number of carbonyl (C=O) groups excluding carboxylic acids is 2. The first-order valence-electron chi connectivity index (χ1n) is 6.63. The second kappa shape index (κ2) is 12.2. The number of unbranched alkanes of at least 4 members (excludes halogenated alkanes) is 7. The van der Waals surface area contributed by atoms with Gasteiger partial charge in [-0.05, 0) is 6.42 Å². The van der Waals surface area contributed by atoms with Gasteiger partial charge < -0.3 is 14.2 Å². The number of rotatable bonds is 9. The molecule has 0 aliphatic heterocycles. The summed E-state index contributed by atoms with van der Waals surface area (Å²) in [4.78, 5) is 21.4. The van der Waals surface area contributed by atoms with Gasteiger partial charge in [0.25, 0.3) is 0 Å². The van der Waals surface area contributed by atoms with E-state index in [4.69, 9.17) is 4.74 Å². The molecule has 0 aromatic heterocycles. The maximum atomic E-state index is 10.9. The van der Waals surface area contributed by atoms with Crippen molar-refractivity contribution < 1.29 is 23.8 Å². The van der Waals surface area contributed by atoms with E-state index in [0.29, 0.717) is 0 Å². The lowest BCUT2D eigenvalue weighted by atomic mass is 10.1. The van der Waals surface area contributed by atoms with Crippen LogP contribution in [0.3, 0.4) is 0 Å². The van der Waals surface area contributed by atoms with E-state index in [1.807, 2.05) is 0 Å². The molecule has 0 fully saturated rings. The molecule has 0 saturated heterocycles. The molecule has 0 saturated carbocycles. The molecule has 18 heavy (non-hydrogen) atoms. The van der Waals surface area contributed by atoms with Crippen LogP contribution in [0.25, 0.3) is 0 Å². The van der Waals surface area contributed by atoms with Gasteiger partial charge >= 0.3 is 12.3 Å². The Kier molecular flexibility index (Phi) is 11.3. The number of carbonyl (C=O) groups is 2. The van der Waals surface area contributed by atoms with Crippen molar-refractivity contribution in [3.8, 4) is 0 Å². The van der Waals surface area contributed by atoms with Crippen molar-refractivity contribution in [2.45, 2.75) is 58.3 Å². The van der Waals surface area contributed by atoms with Gasteiger partial charge in [-0.2, -0.15) is 0 Å². The van der Waals surface area contributed by atoms with Crippen LogP contribution in [0.2, 0.25) is 0 Å². The number of hydrogen-bond donors (Lipinski definition) is 0. The Morgan fingerprint density at radius 2 is 1.39 bits per heavy atom. The second-order valence-corrected chi connectivity index (χ2v) is 4.13. The largest absolute Gasteiger partial charge is 0.518 e. The lowest BCUT2D eigenvalue weighted by molar-refractivity contribution is 0.0450. The lowest BCUT2D eigenvalue weighted by Gasteiger charge is -2.04. The van der Waals surface area contributed by atoms with E-state index in [0.717, 1.165) is 26.4 Å². The van der Waals surface area contributed by atoms with Crippen molar-refractivity contribution in [3.05, 3.63) is 0 Å². The monoisotopic (exact) mass is 260 g/mol. The third kappa shape index (κ3) is 11.2. The van der Waals surface area contributed by atoms with E-state index in [2.05, 4.69) is 16.4 Å². The molecule has 106 valence electrons. The molecule has 0 N–H and O–H groups in total. The molecule has 5 nitrogen and oxygen atoms in total. The molecule has 5 heteroatoms. The van der Waals surface area contributed by atoms with Crippen LogP contribution >= 0.6 is 0 Å². The van der Waals surface area contributed by atoms with Crippen LogP contribution in [-0.2, 0) is 14.2 Å². The summed E-state index contributed by atoms with van der Waals surface area (Å²) < 4.78 is 13.0. The maximum Gasteiger partial charge on any atom is 0.518 e. The summed E-state index contributed by atoms with van der Waals surface area (Å²) in [5.41, 5.74) is 0. The van der Waals surface area contributed by atoms with Gasteiger partial charge in [0.2, 0.25) is 0 Å². The van der Waals surface area contributed by atoms with Gasteiger partial charge in [-0.1, -0.05) is 51.9 Å². The normalized spacial score (nSPS) is 9.89. The van der Waals surface area contributed by atoms with E-state index in [9.17, 15) is 9.59 Å². The highest BCUT2D eigenvalue weighted by atomic mass is 16.8. The molecule has 0 bridgehead atoms. The zero-order chi connectivity index (χ0) is 13.6. The predicted molar refractivity (Wildman–Crippen MR) is 67.4 cm³/mol. The summed E-state index contributed by atoms with van der Waals surface area (Å²) in [6, 6.07) is 0. The number of methoxy groups -OCH3 is 1. The molecule has 0 aliphatic carbocycles. The summed E-state index contributed by atoms with van der Waals surface area (Å²) in [7, 11) is 1.13. The summed E-state index contributed by atoms with van der Waals surface area (Å²) in [5.74, 6) is 0. The van der Waals surface area contributed by atoms with Gasteiger partial charge in [-0.3, -0.25) is 0 Å². The predicted octanol–water partition coefficient (Wildman–Crippen LogP) is 4.05. The highest BCUT2D eigenvalue weighted by Gasteiger charge is 2.10. The van der Waals surface area contributed by atoms with Gasteiger partial charge in [0.15, 0.2) is 0 Å². The van der Waals surface area contributed by atoms with Crippen LogP contribution in [0.1, 0.15) is 58.3 Å². The van der Waals surface area contributed by atoms with Crippen molar-refractivity contribution in [2.24, 2.45) is 0 Å². The molecular weight excluding hydrogens is 236 g/mol. The topological polar surface area (TPSA) is 61.8 Å². The van der Waals surface area contributed by atoms with Crippen molar-refractivity contribution in [1.29, 1.82) is 0 Å². The molecule has 0 aromatic rings. The van der Waals surface area contributed by atoms with E-state index in [1.54, 1.807) is 0 Å². The Morgan fingerprint density at radius 3 is 1.94 bits per heavy atom. The zero-order valence-electron chi connectivity index (χ0n) is 11.4. The highest BCUT2D eigenvalue weighted by molar-refractivity contribution is 5.76. The Labute approximate surface area is 109 Å². The van der Waals surface area contributed by atoms with E-state index in [1.165, 1.54) is 32.1 Å². The fourth-order valence-corrected chi connectivity index (χ4v) is 1.53. The van der Waals surface area contributed by atoms with Gasteiger partial charge in [0, 0.05) is 0 Å². The first kappa shape index (κ1) is 16.7. The van der Waals surface area contributed by atoms with Crippen LogP contribution in [0.5, 0.6) is 0 Å². The molecule has 0 amide bonds. The SMILES string of the molecule is CCCCCCCCCCOC(=O)OC(=O)OC. The van der Waals surface area contributed by atoms with Crippen LogP contribution in [0.15, 0.2) is 0 Å². The van der Waals surface area contributed by atoms with Gasteiger partial charge in [0.05, 0.1) is 13.7 Å². The summed E-state index contributed by atoms with van der Waals surface area (Å²) >= 11 is 0. The fourth-order valence-electron chi connectivity index (χ4n) is 1.53. The molecule has 0 heterocycles. The molecular formula is C13H24O5. The highest BCUT2D eigenvalue weighted by Crippen LogP contribution is 2.08. The maximum absolute atomic E-state index is 10.9. The first-order chi connectivity index (χ1) is 8.70. The lowest BCUT2D eigenvalue weighted by Crippen LogP contribution is -2.14. The van der Waals surface area contributed by atoms with Crippen molar-refractivity contribution in [3.63, 3.8) is 0 Å². The first-order valence-corrected chi connectivity index (χ1v) is 6.63. The van der Waals surface area contributed by atoms with Gasteiger partial charge in [-0.15, -0.1) is 0 Å². The van der Waals surface area contributed by atoms with Crippen LogP contribution in [-0.4, -0.2) is 26.0 Å². The fraction of sp³-hybridized carbons (Fsp3) is 0.846. The van der Waals surface area contributed by atoms with Crippen molar-refractivity contribution in [2.75, 3.05) is 13.7 Å².